The van der Waals surface area contributed by atoms with Crippen LogP contribution in [-0.2, 0) is 0 Å². The second-order valence-electron chi connectivity index (χ2n) is 6.58. The van der Waals surface area contributed by atoms with E-state index in [4.69, 9.17) is 0 Å². The molecular formula is C15H4F19IO. The Morgan fingerprint density at radius 1 is 0.472 bits per heavy atom. The zero-order chi connectivity index (χ0) is 29.2. The van der Waals surface area contributed by atoms with Crippen LogP contribution < -0.4 is 4.74 Å². The lowest BCUT2D eigenvalue weighted by Gasteiger charge is -2.44. The maximum atomic E-state index is 13.8. The van der Waals surface area contributed by atoms with Gasteiger partial charge >= 0.3 is 53.7 Å². The minimum absolute atomic E-state index is 0.287. The van der Waals surface area contributed by atoms with Crippen molar-refractivity contribution >= 4 is 22.6 Å². The van der Waals surface area contributed by atoms with Crippen molar-refractivity contribution in [2.24, 2.45) is 0 Å². The van der Waals surface area contributed by atoms with E-state index in [0.29, 0.717) is 6.07 Å². The Kier molecular flexibility index (Phi) is 7.87. The predicted octanol–water partition coefficient (Wildman–Crippen LogP) is 8.27. The van der Waals surface area contributed by atoms with Gasteiger partial charge in [-0.15, -0.1) is 0 Å². The normalized spacial score (nSPS) is 15.8. The highest BCUT2D eigenvalue weighted by Crippen LogP contribution is 2.66. The zero-order valence-electron chi connectivity index (χ0n) is 15.8. The molecule has 0 fully saturated rings. The zero-order valence-corrected chi connectivity index (χ0v) is 17.9. The highest BCUT2D eigenvalue weighted by Gasteiger charge is 2.98. The summed E-state index contributed by atoms with van der Waals surface area (Å²) in [6.07, 6.45) is -23.7. The van der Waals surface area contributed by atoms with E-state index < -0.39 is 63.1 Å². The van der Waals surface area contributed by atoms with Gasteiger partial charge in [0.15, 0.2) is 0 Å². The fourth-order valence-electron chi connectivity index (χ4n) is 2.24. The van der Waals surface area contributed by atoms with Gasteiger partial charge in [0.1, 0.15) is 5.75 Å². The van der Waals surface area contributed by atoms with Gasteiger partial charge in [-0.05, 0) is 34.7 Å². The number of para-hydroxylation sites is 1. The Morgan fingerprint density at radius 2 is 0.806 bits per heavy atom. The first-order valence-electron chi connectivity index (χ1n) is 8.02. The van der Waals surface area contributed by atoms with Crippen molar-refractivity contribution in [1.82, 2.24) is 0 Å². The van der Waals surface area contributed by atoms with Crippen molar-refractivity contribution in [2.75, 3.05) is 0 Å². The van der Waals surface area contributed by atoms with Crippen molar-refractivity contribution in [1.29, 1.82) is 0 Å². The van der Waals surface area contributed by atoms with E-state index in [9.17, 15) is 83.4 Å². The first kappa shape index (κ1) is 32.4. The van der Waals surface area contributed by atoms with Crippen LogP contribution >= 0.6 is 22.6 Å². The molecule has 0 aliphatic rings. The Bertz CT molecular complexity index is 933. The molecule has 0 aliphatic carbocycles. The molecule has 0 aromatic heterocycles. The molecule has 210 valence electrons. The van der Waals surface area contributed by atoms with Gasteiger partial charge in [-0.2, -0.15) is 79.0 Å². The Hall–Kier alpha value is -1.58. The largest absolute Gasteiger partial charge is 0.471 e. The van der Waals surface area contributed by atoms with Crippen LogP contribution in [0.15, 0.2) is 24.3 Å². The van der Waals surface area contributed by atoms with Gasteiger partial charge in [0.25, 0.3) is 0 Å². The summed E-state index contributed by atoms with van der Waals surface area (Å²) >= 11 is 1.000. The summed E-state index contributed by atoms with van der Waals surface area (Å²) in [5, 5.41) is 0. The van der Waals surface area contributed by atoms with E-state index in [2.05, 4.69) is 4.74 Å². The minimum atomic E-state index is -9.05. The number of benzene rings is 1. The van der Waals surface area contributed by atoms with Crippen LogP contribution in [0.2, 0.25) is 0 Å². The molecule has 21 heteroatoms. The first-order valence-corrected chi connectivity index (χ1v) is 9.09. The molecule has 1 rings (SSSR count). The smallest absolute Gasteiger partial charge is 0.427 e. The maximum Gasteiger partial charge on any atom is 0.471 e. The van der Waals surface area contributed by atoms with E-state index in [1.807, 2.05) is 0 Å². The van der Waals surface area contributed by atoms with Gasteiger partial charge in [-0.25, -0.2) is 4.39 Å². The molecule has 1 aromatic rings. The number of hydrogen-bond donors (Lipinski definition) is 0. The summed E-state index contributed by atoms with van der Waals surface area (Å²) in [6.45, 7) is 0. The maximum absolute atomic E-state index is 13.8. The summed E-state index contributed by atoms with van der Waals surface area (Å²) in [4.78, 5) is 0. The molecule has 0 saturated heterocycles. The number of rotatable bonds is 8. The molecule has 0 amide bonds. The minimum Gasteiger partial charge on any atom is -0.427 e. The fourth-order valence-corrected chi connectivity index (χ4v) is 2.73. The molecule has 0 aliphatic heterocycles. The number of ether oxygens (including phenoxy) is 1. The third-order valence-corrected chi connectivity index (χ3v) is 5.12. The molecular weight excluding hydrogens is 684 g/mol. The van der Waals surface area contributed by atoms with Crippen molar-refractivity contribution in [3.05, 3.63) is 27.8 Å². The monoisotopic (exact) mass is 688 g/mol. The molecule has 0 bridgehead atoms. The van der Waals surface area contributed by atoms with Crippen LogP contribution in [-0.4, -0.2) is 53.7 Å². The summed E-state index contributed by atoms with van der Waals surface area (Å²) in [6, 6.07) is 2.68. The summed E-state index contributed by atoms with van der Waals surface area (Å²) in [5.74, 6) is -45.2. The molecule has 0 spiro atoms. The lowest BCUT2D eigenvalue weighted by molar-refractivity contribution is -0.479. The van der Waals surface area contributed by atoms with Crippen LogP contribution in [0.1, 0.15) is 0 Å². The summed E-state index contributed by atoms with van der Waals surface area (Å²) < 4.78 is 254. The molecule has 1 aromatic carbocycles. The number of halogens is 20. The fraction of sp³-hybridized carbons (Fsp3) is 0.600. The van der Waals surface area contributed by atoms with Crippen LogP contribution in [0.4, 0.5) is 83.4 Å². The van der Waals surface area contributed by atoms with Gasteiger partial charge in [0.05, 0.1) is 3.57 Å². The topological polar surface area (TPSA) is 9.23 Å². The van der Waals surface area contributed by atoms with E-state index in [1.54, 1.807) is 0 Å². The summed E-state index contributed by atoms with van der Waals surface area (Å²) in [5.41, 5.74) is -8.76. The van der Waals surface area contributed by atoms with E-state index in [0.717, 1.165) is 34.7 Å². The van der Waals surface area contributed by atoms with E-state index in [1.165, 1.54) is 0 Å². The Labute approximate surface area is 198 Å². The molecule has 0 saturated carbocycles. The first-order chi connectivity index (χ1) is 15.5. The molecule has 0 atom stereocenters. The van der Waals surface area contributed by atoms with Gasteiger partial charge in [0, 0.05) is 0 Å². The highest BCUT2D eigenvalue weighted by atomic mass is 127. The third kappa shape index (κ3) is 4.29. The van der Waals surface area contributed by atoms with Crippen LogP contribution in [0.3, 0.4) is 0 Å². The second-order valence-corrected chi connectivity index (χ2v) is 7.74. The highest BCUT2D eigenvalue weighted by molar-refractivity contribution is 14.1. The van der Waals surface area contributed by atoms with Crippen molar-refractivity contribution in [3.8, 4) is 5.75 Å². The SMILES string of the molecule is FC(F)(F)C(F)(C(F)(F)F)C(F)(F)C(F)(F)C(F)(F)C(F)(F)C(F)(F)C(F)(F)Oc1ccccc1I. The van der Waals surface area contributed by atoms with E-state index >= 15 is 0 Å². The molecule has 0 unspecified atom stereocenters. The molecule has 1 nitrogen and oxygen atoms in total. The molecule has 36 heavy (non-hydrogen) atoms. The lowest BCUT2D eigenvalue weighted by atomic mass is 9.84. The van der Waals surface area contributed by atoms with Crippen molar-refractivity contribution in [3.63, 3.8) is 0 Å². The number of alkyl halides is 19. The van der Waals surface area contributed by atoms with Gasteiger partial charge < -0.3 is 4.74 Å². The Balaban J connectivity index is 3.76. The van der Waals surface area contributed by atoms with Crippen LogP contribution in [0.5, 0.6) is 5.75 Å². The quantitative estimate of drug-likeness (QED) is 0.198. The molecule has 0 radical (unpaired) electrons. The average molecular weight is 688 g/mol. The van der Waals surface area contributed by atoms with Gasteiger partial charge in [-0.1, -0.05) is 12.1 Å². The molecule has 0 heterocycles. The second kappa shape index (κ2) is 8.73. The molecule has 0 N–H and O–H groups in total. The van der Waals surface area contributed by atoms with Crippen molar-refractivity contribution < 1.29 is 88.2 Å². The average Bonchev–Trinajstić information content (AvgIpc) is 2.66. The number of hydrogen-bond acceptors (Lipinski definition) is 1. The summed E-state index contributed by atoms with van der Waals surface area (Å²) in [7, 11) is 0. The van der Waals surface area contributed by atoms with Crippen LogP contribution in [0, 0.1) is 3.57 Å². The predicted molar refractivity (Wildman–Crippen MR) is 85.4 cm³/mol. The third-order valence-electron chi connectivity index (χ3n) is 4.23. The Morgan fingerprint density at radius 3 is 1.17 bits per heavy atom. The van der Waals surface area contributed by atoms with Gasteiger partial charge in [-0.3, -0.25) is 0 Å². The van der Waals surface area contributed by atoms with E-state index in [-0.39, 0.29) is 6.07 Å². The van der Waals surface area contributed by atoms with Crippen LogP contribution in [0.25, 0.3) is 0 Å². The van der Waals surface area contributed by atoms with Gasteiger partial charge in [0.2, 0.25) is 0 Å². The van der Waals surface area contributed by atoms with Crippen molar-refractivity contribution in [2.45, 2.75) is 53.7 Å². The lowest BCUT2D eigenvalue weighted by Crippen LogP contribution is -2.78. The standard InChI is InChI=1S/C15H4F19IO/c16-7(13(27,28)29,14(30,31)32)8(17,18)9(19,20)10(21,22)11(23,24)12(25,26)15(33,34)36-6-4-2-1-3-5(6)35/h1-4H.